The molecule has 1 aliphatic heterocycles. The number of carbonyl (C=O) groups excluding carboxylic acids is 1. The van der Waals surface area contributed by atoms with Crippen LogP contribution in [-0.2, 0) is 16.0 Å². The molecule has 174 valence electrons. The Balaban J connectivity index is 1.59. The van der Waals surface area contributed by atoms with Crippen LogP contribution in [-0.4, -0.2) is 53.7 Å². The quantitative estimate of drug-likeness (QED) is 0.342. The van der Waals surface area contributed by atoms with Crippen molar-refractivity contribution in [3.05, 3.63) is 71.4 Å². The molecule has 0 atom stereocenters. The first kappa shape index (κ1) is 22.5. The minimum absolute atomic E-state index is 0.289. The largest absolute Gasteiger partial charge is 0.462 e. The summed E-state index contributed by atoms with van der Waals surface area (Å²) < 4.78 is 17.0. The minimum atomic E-state index is -0.425. The van der Waals surface area contributed by atoms with Crippen LogP contribution in [0.4, 0.5) is 0 Å². The average Bonchev–Trinajstić information content (AvgIpc) is 3.30. The van der Waals surface area contributed by atoms with Gasteiger partial charge < -0.3 is 14.2 Å². The Morgan fingerprint density at radius 3 is 2.62 bits per heavy atom. The Morgan fingerprint density at radius 2 is 1.82 bits per heavy atom. The maximum atomic E-state index is 12.5. The van der Waals surface area contributed by atoms with Crippen LogP contribution < -0.4 is 4.74 Å². The summed E-state index contributed by atoms with van der Waals surface area (Å²) in [5.41, 5.74) is 2.42. The summed E-state index contributed by atoms with van der Waals surface area (Å²) in [5.74, 6) is 1.10. The van der Waals surface area contributed by atoms with Crippen molar-refractivity contribution in [2.45, 2.75) is 13.5 Å². The monoisotopic (exact) mass is 475 g/mol. The zero-order valence-electron chi connectivity index (χ0n) is 18.9. The first-order chi connectivity index (χ1) is 16.7. The third kappa shape index (κ3) is 4.79. The molecule has 8 heteroatoms. The number of benzene rings is 2. The number of thiophene rings is 1. The molecule has 2 aromatic carbocycles. The summed E-state index contributed by atoms with van der Waals surface area (Å²) in [5, 5.41) is 2.91. The number of carbonyl (C=O) groups is 1. The average molecular weight is 476 g/mol. The second kappa shape index (κ2) is 10.3. The second-order valence-electron chi connectivity index (χ2n) is 7.85. The highest BCUT2D eigenvalue weighted by atomic mass is 32.1. The molecule has 0 spiro atoms. The SMILES string of the molecule is CCOC(=O)c1ccccc1Oc1nc(CN2CCOCC2)nc2scc(-c3ccccc3)c12. The standard InChI is InChI=1S/C26H25N3O4S/c1-2-32-26(30)19-10-6-7-11-21(19)33-24-23-20(18-8-4-3-5-9-18)17-34-25(23)28-22(27-24)16-29-12-14-31-15-13-29/h3-11,17H,2,12-16H2,1H3. The third-order valence-electron chi connectivity index (χ3n) is 5.59. The molecule has 0 amide bonds. The van der Waals surface area contributed by atoms with Crippen LogP contribution in [0.1, 0.15) is 23.1 Å². The Labute approximate surface area is 201 Å². The number of aromatic nitrogens is 2. The van der Waals surface area contributed by atoms with E-state index in [2.05, 4.69) is 22.4 Å². The highest BCUT2D eigenvalue weighted by Gasteiger charge is 2.21. The van der Waals surface area contributed by atoms with E-state index in [1.807, 2.05) is 24.3 Å². The third-order valence-corrected chi connectivity index (χ3v) is 6.46. The molecule has 4 aromatic rings. The molecule has 34 heavy (non-hydrogen) atoms. The lowest BCUT2D eigenvalue weighted by Gasteiger charge is -2.25. The molecule has 0 N–H and O–H groups in total. The first-order valence-electron chi connectivity index (χ1n) is 11.3. The number of hydrogen-bond donors (Lipinski definition) is 0. The zero-order valence-corrected chi connectivity index (χ0v) is 19.7. The fourth-order valence-electron chi connectivity index (χ4n) is 3.92. The van der Waals surface area contributed by atoms with E-state index >= 15 is 0 Å². The number of morpholine rings is 1. The molecule has 5 rings (SSSR count). The van der Waals surface area contributed by atoms with Gasteiger partial charge in [-0.1, -0.05) is 42.5 Å². The van der Waals surface area contributed by atoms with Gasteiger partial charge in [0.05, 0.1) is 31.8 Å². The predicted octanol–water partition coefficient (Wildman–Crippen LogP) is 5.16. The Bertz CT molecular complexity index is 1290. The lowest BCUT2D eigenvalue weighted by atomic mass is 10.1. The van der Waals surface area contributed by atoms with E-state index < -0.39 is 5.97 Å². The van der Waals surface area contributed by atoms with Gasteiger partial charge in [-0.3, -0.25) is 4.90 Å². The summed E-state index contributed by atoms with van der Waals surface area (Å²) in [6.07, 6.45) is 0. The molecule has 1 aliphatic rings. The van der Waals surface area contributed by atoms with Crippen LogP contribution >= 0.6 is 11.3 Å². The molecule has 0 saturated carbocycles. The summed E-state index contributed by atoms with van der Waals surface area (Å²) in [7, 11) is 0. The van der Waals surface area contributed by atoms with Gasteiger partial charge in [0.25, 0.3) is 0 Å². The molecule has 0 aliphatic carbocycles. The first-order valence-corrected chi connectivity index (χ1v) is 12.2. The van der Waals surface area contributed by atoms with Crippen molar-refractivity contribution in [2.24, 2.45) is 0 Å². The number of nitrogens with zero attached hydrogens (tertiary/aromatic N) is 3. The van der Waals surface area contributed by atoms with Gasteiger partial charge in [-0.15, -0.1) is 11.3 Å². The molecular formula is C26H25N3O4S. The van der Waals surface area contributed by atoms with Gasteiger partial charge in [-0.2, -0.15) is 4.98 Å². The molecule has 2 aromatic heterocycles. The number of rotatable bonds is 7. The Kier molecular flexibility index (Phi) is 6.80. The molecular weight excluding hydrogens is 450 g/mol. The van der Waals surface area contributed by atoms with Crippen LogP contribution in [0.15, 0.2) is 60.0 Å². The molecule has 0 radical (unpaired) electrons. The second-order valence-corrected chi connectivity index (χ2v) is 8.71. The number of fused-ring (bicyclic) bond motifs is 1. The number of para-hydroxylation sites is 1. The van der Waals surface area contributed by atoms with Crippen LogP contribution in [0.3, 0.4) is 0 Å². The van der Waals surface area contributed by atoms with Crippen molar-refractivity contribution in [3.63, 3.8) is 0 Å². The summed E-state index contributed by atoms with van der Waals surface area (Å²) in [4.78, 5) is 25.3. The van der Waals surface area contributed by atoms with Gasteiger partial charge in [0.1, 0.15) is 22.0 Å². The van der Waals surface area contributed by atoms with Crippen molar-refractivity contribution in [1.29, 1.82) is 0 Å². The van der Waals surface area contributed by atoms with Gasteiger partial charge in [0, 0.05) is 24.0 Å². The van der Waals surface area contributed by atoms with Crippen molar-refractivity contribution >= 4 is 27.5 Å². The van der Waals surface area contributed by atoms with Crippen molar-refractivity contribution in [2.75, 3.05) is 32.9 Å². The maximum absolute atomic E-state index is 12.5. The van der Waals surface area contributed by atoms with Crippen molar-refractivity contribution < 1.29 is 19.0 Å². The molecule has 0 bridgehead atoms. The Morgan fingerprint density at radius 1 is 1.06 bits per heavy atom. The van der Waals surface area contributed by atoms with Gasteiger partial charge in [-0.05, 0) is 24.6 Å². The fraction of sp³-hybridized carbons (Fsp3) is 0.269. The predicted molar refractivity (Wildman–Crippen MR) is 131 cm³/mol. The summed E-state index contributed by atoms with van der Waals surface area (Å²) >= 11 is 1.56. The smallest absolute Gasteiger partial charge is 0.341 e. The summed E-state index contributed by atoms with van der Waals surface area (Å²) in [6, 6.07) is 17.2. The van der Waals surface area contributed by atoms with Crippen LogP contribution in [0.2, 0.25) is 0 Å². The van der Waals surface area contributed by atoms with Crippen molar-refractivity contribution in [1.82, 2.24) is 14.9 Å². The number of esters is 1. The molecule has 7 nitrogen and oxygen atoms in total. The van der Waals surface area contributed by atoms with E-state index in [9.17, 15) is 4.79 Å². The molecule has 1 saturated heterocycles. The van der Waals surface area contributed by atoms with E-state index in [-0.39, 0.29) is 6.61 Å². The van der Waals surface area contributed by atoms with E-state index in [0.29, 0.717) is 42.8 Å². The van der Waals surface area contributed by atoms with Gasteiger partial charge in [-0.25, -0.2) is 9.78 Å². The van der Waals surface area contributed by atoms with Crippen LogP contribution in [0, 0.1) is 0 Å². The van der Waals surface area contributed by atoms with Gasteiger partial charge >= 0.3 is 5.97 Å². The van der Waals surface area contributed by atoms with E-state index in [0.717, 1.165) is 34.4 Å². The lowest BCUT2D eigenvalue weighted by molar-refractivity contribution is 0.0330. The van der Waals surface area contributed by atoms with Gasteiger partial charge in [0.2, 0.25) is 5.88 Å². The molecule has 3 heterocycles. The minimum Gasteiger partial charge on any atom is -0.462 e. The number of hydrogen-bond acceptors (Lipinski definition) is 8. The van der Waals surface area contributed by atoms with Gasteiger partial charge in [0.15, 0.2) is 0 Å². The highest BCUT2D eigenvalue weighted by Crippen LogP contribution is 2.40. The summed E-state index contributed by atoms with van der Waals surface area (Å²) in [6.45, 7) is 5.76. The fourth-order valence-corrected chi connectivity index (χ4v) is 4.88. The van der Waals surface area contributed by atoms with Crippen molar-refractivity contribution in [3.8, 4) is 22.8 Å². The zero-order chi connectivity index (χ0) is 23.3. The molecule has 0 unspecified atom stereocenters. The highest BCUT2D eigenvalue weighted by molar-refractivity contribution is 7.17. The normalized spacial score (nSPS) is 14.3. The Hall–Kier alpha value is -3.33. The van der Waals surface area contributed by atoms with Crippen LogP contribution in [0.25, 0.3) is 21.3 Å². The van der Waals surface area contributed by atoms with Crippen LogP contribution in [0.5, 0.6) is 11.6 Å². The maximum Gasteiger partial charge on any atom is 0.341 e. The topological polar surface area (TPSA) is 73.8 Å². The van der Waals surface area contributed by atoms with E-state index in [1.165, 1.54) is 0 Å². The lowest BCUT2D eigenvalue weighted by Crippen LogP contribution is -2.36. The molecule has 1 fully saturated rings. The van der Waals surface area contributed by atoms with E-state index in [4.69, 9.17) is 24.2 Å². The number of ether oxygens (including phenoxy) is 3. The van der Waals surface area contributed by atoms with E-state index in [1.54, 1.807) is 36.5 Å².